The molecule has 0 radical (unpaired) electrons. The van der Waals surface area contributed by atoms with Gasteiger partial charge in [0.05, 0.1) is 0 Å². The highest BCUT2D eigenvalue weighted by Crippen LogP contribution is 1.98. The Morgan fingerprint density at radius 1 is 1.58 bits per heavy atom. The standard InChI is InChI=1S/C10H19NS/c1-4-7-10(5-2)11-8-6-9-12-3/h1,10-11H,5-9H2,2-3H3. The number of hydrogen-bond donors (Lipinski definition) is 1. The number of thioether (sulfide) groups is 1. The van der Waals surface area contributed by atoms with Gasteiger partial charge in [-0.05, 0) is 31.4 Å². The Balaban J connectivity index is 3.26. The SMILES string of the molecule is C#CCC(CC)NCCCSC. The summed E-state index contributed by atoms with van der Waals surface area (Å²) in [6.45, 7) is 3.27. The molecule has 0 aromatic carbocycles. The fourth-order valence-electron chi connectivity index (χ4n) is 1.03. The van der Waals surface area contributed by atoms with Crippen molar-refractivity contribution in [2.45, 2.75) is 32.2 Å². The molecule has 1 nitrogen and oxygen atoms in total. The van der Waals surface area contributed by atoms with E-state index in [9.17, 15) is 0 Å². The molecule has 1 unspecified atom stereocenters. The third kappa shape index (κ3) is 6.57. The van der Waals surface area contributed by atoms with Gasteiger partial charge in [-0.1, -0.05) is 6.92 Å². The molecule has 0 rings (SSSR count). The molecule has 1 atom stereocenters. The van der Waals surface area contributed by atoms with Gasteiger partial charge in [0.15, 0.2) is 0 Å². The number of nitrogens with one attached hydrogen (secondary N) is 1. The summed E-state index contributed by atoms with van der Waals surface area (Å²) in [5.74, 6) is 3.93. The van der Waals surface area contributed by atoms with E-state index >= 15 is 0 Å². The van der Waals surface area contributed by atoms with Crippen LogP contribution in [0.1, 0.15) is 26.2 Å². The lowest BCUT2D eigenvalue weighted by Gasteiger charge is -2.13. The van der Waals surface area contributed by atoms with E-state index in [1.807, 2.05) is 11.8 Å². The minimum atomic E-state index is 0.525. The van der Waals surface area contributed by atoms with Gasteiger partial charge >= 0.3 is 0 Å². The van der Waals surface area contributed by atoms with Crippen LogP contribution >= 0.6 is 11.8 Å². The first kappa shape index (κ1) is 11.9. The van der Waals surface area contributed by atoms with Crippen molar-refractivity contribution >= 4 is 11.8 Å². The molecule has 0 fully saturated rings. The van der Waals surface area contributed by atoms with Gasteiger partial charge in [0.2, 0.25) is 0 Å². The largest absolute Gasteiger partial charge is 0.313 e. The molecular formula is C10H19NS. The smallest absolute Gasteiger partial charge is 0.0240 e. The van der Waals surface area contributed by atoms with Crippen molar-refractivity contribution in [3.05, 3.63) is 0 Å². The molecule has 0 amide bonds. The monoisotopic (exact) mass is 185 g/mol. The van der Waals surface area contributed by atoms with Crippen molar-refractivity contribution in [2.24, 2.45) is 0 Å². The van der Waals surface area contributed by atoms with Crippen molar-refractivity contribution in [3.63, 3.8) is 0 Å². The van der Waals surface area contributed by atoms with E-state index in [4.69, 9.17) is 6.42 Å². The van der Waals surface area contributed by atoms with E-state index in [1.165, 1.54) is 12.2 Å². The molecule has 0 aromatic rings. The Labute approximate surface area is 80.7 Å². The lowest BCUT2D eigenvalue weighted by Crippen LogP contribution is -2.29. The van der Waals surface area contributed by atoms with Crippen LogP contribution in [0.4, 0.5) is 0 Å². The van der Waals surface area contributed by atoms with E-state index < -0.39 is 0 Å². The zero-order valence-electron chi connectivity index (χ0n) is 8.10. The first-order chi connectivity index (χ1) is 5.85. The Kier molecular flexibility index (Phi) is 8.86. The summed E-state index contributed by atoms with van der Waals surface area (Å²) >= 11 is 1.89. The van der Waals surface area contributed by atoms with Crippen LogP contribution in [-0.2, 0) is 0 Å². The minimum absolute atomic E-state index is 0.525. The van der Waals surface area contributed by atoms with E-state index in [0.717, 1.165) is 19.4 Å². The molecule has 12 heavy (non-hydrogen) atoms. The Hall–Kier alpha value is -0.130. The topological polar surface area (TPSA) is 12.0 Å². The number of terminal acetylenes is 1. The van der Waals surface area contributed by atoms with Gasteiger partial charge in [-0.25, -0.2) is 0 Å². The van der Waals surface area contributed by atoms with Crippen molar-refractivity contribution in [1.82, 2.24) is 5.32 Å². The highest BCUT2D eigenvalue weighted by atomic mass is 32.2. The number of rotatable bonds is 7. The van der Waals surface area contributed by atoms with Crippen LogP contribution in [0.25, 0.3) is 0 Å². The third-order valence-corrected chi connectivity index (χ3v) is 2.51. The van der Waals surface area contributed by atoms with Crippen LogP contribution in [0, 0.1) is 12.3 Å². The maximum absolute atomic E-state index is 5.24. The van der Waals surface area contributed by atoms with Gasteiger partial charge in [0, 0.05) is 12.5 Å². The lowest BCUT2D eigenvalue weighted by atomic mass is 10.1. The van der Waals surface area contributed by atoms with E-state index in [-0.39, 0.29) is 0 Å². The van der Waals surface area contributed by atoms with Crippen LogP contribution in [0.5, 0.6) is 0 Å². The predicted octanol–water partition coefficient (Wildman–Crippen LogP) is 2.13. The summed E-state index contributed by atoms with van der Waals surface area (Å²) in [6.07, 6.45) is 10.6. The summed E-state index contributed by atoms with van der Waals surface area (Å²) in [5, 5.41) is 3.45. The molecule has 0 spiro atoms. The van der Waals surface area contributed by atoms with Crippen molar-refractivity contribution < 1.29 is 0 Å². The quantitative estimate of drug-likeness (QED) is 0.482. The van der Waals surface area contributed by atoms with Crippen LogP contribution in [0.15, 0.2) is 0 Å². The molecule has 70 valence electrons. The van der Waals surface area contributed by atoms with Crippen LogP contribution in [0.2, 0.25) is 0 Å². The van der Waals surface area contributed by atoms with Gasteiger partial charge in [0.25, 0.3) is 0 Å². The van der Waals surface area contributed by atoms with Gasteiger partial charge < -0.3 is 5.32 Å². The van der Waals surface area contributed by atoms with Crippen LogP contribution in [-0.4, -0.2) is 24.6 Å². The molecule has 2 heteroatoms. The van der Waals surface area contributed by atoms with E-state index in [1.54, 1.807) is 0 Å². The van der Waals surface area contributed by atoms with Gasteiger partial charge in [-0.15, -0.1) is 12.3 Å². The summed E-state index contributed by atoms with van der Waals surface area (Å²) in [6, 6.07) is 0.525. The lowest BCUT2D eigenvalue weighted by molar-refractivity contribution is 0.508. The summed E-state index contributed by atoms with van der Waals surface area (Å²) in [7, 11) is 0. The summed E-state index contributed by atoms with van der Waals surface area (Å²) in [5.41, 5.74) is 0. The molecule has 0 bridgehead atoms. The molecular weight excluding hydrogens is 166 g/mol. The average molecular weight is 185 g/mol. The molecule has 0 saturated heterocycles. The highest BCUT2D eigenvalue weighted by Gasteiger charge is 2.01. The van der Waals surface area contributed by atoms with Gasteiger partial charge in [-0.3, -0.25) is 0 Å². The third-order valence-electron chi connectivity index (χ3n) is 1.82. The van der Waals surface area contributed by atoms with Gasteiger partial charge in [0.1, 0.15) is 0 Å². The minimum Gasteiger partial charge on any atom is -0.313 e. The Morgan fingerprint density at radius 2 is 2.33 bits per heavy atom. The molecule has 0 heterocycles. The molecule has 0 aliphatic heterocycles. The highest BCUT2D eigenvalue weighted by molar-refractivity contribution is 7.98. The molecule has 0 saturated carbocycles. The summed E-state index contributed by atoms with van der Waals surface area (Å²) in [4.78, 5) is 0. The predicted molar refractivity (Wildman–Crippen MR) is 58.5 cm³/mol. The second kappa shape index (κ2) is 8.96. The maximum atomic E-state index is 5.24. The maximum Gasteiger partial charge on any atom is 0.0240 e. The second-order valence-corrected chi connectivity index (χ2v) is 3.80. The molecule has 0 aliphatic carbocycles. The molecule has 0 aromatic heterocycles. The fraction of sp³-hybridized carbons (Fsp3) is 0.800. The fourth-order valence-corrected chi connectivity index (χ4v) is 1.46. The first-order valence-corrected chi connectivity index (χ1v) is 5.90. The zero-order valence-corrected chi connectivity index (χ0v) is 8.91. The van der Waals surface area contributed by atoms with Gasteiger partial charge in [-0.2, -0.15) is 11.8 Å². The zero-order chi connectivity index (χ0) is 9.23. The second-order valence-electron chi connectivity index (χ2n) is 2.81. The average Bonchev–Trinajstić information content (AvgIpc) is 2.10. The Bertz CT molecular complexity index is 128. The van der Waals surface area contributed by atoms with Crippen LogP contribution < -0.4 is 5.32 Å². The van der Waals surface area contributed by atoms with Crippen molar-refractivity contribution in [1.29, 1.82) is 0 Å². The Morgan fingerprint density at radius 3 is 2.83 bits per heavy atom. The van der Waals surface area contributed by atoms with E-state index in [2.05, 4.69) is 24.4 Å². The molecule has 1 N–H and O–H groups in total. The summed E-state index contributed by atoms with van der Waals surface area (Å²) < 4.78 is 0. The van der Waals surface area contributed by atoms with Crippen molar-refractivity contribution in [2.75, 3.05) is 18.6 Å². The van der Waals surface area contributed by atoms with Crippen LogP contribution in [0.3, 0.4) is 0 Å². The van der Waals surface area contributed by atoms with Crippen molar-refractivity contribution in [3.8, 4) is 12.3 Å². The number of hydrogen-bond acceptors (Lipinski definition) is 2. The van der Waals surface area contributed by atoms with E-state index in [0.29, 0.717) is 6.04 Å². The normalized spacial score (nSPS) is 12.4. The first-order valence-electron chi connectivity index (χ1n) is 4.50. The molecule has 0 aliphatic rings.